The molecule has 0 heterocycles. The molecule has 0 fully saturated rings. The molecule has 18 heavy (non-hydrogen) atoms. The van der Waals surface area contributed by atoms with Gasteiger partial charge in [-0.3, -0.25) is 0 Å². The lowest BCUT2D eigenvalue weighted by atomic mass is 10.2. The first-order valence-corrected chi connectivity index (χ1v) is 6.13. The van der Waals surface area contributed by atoms with E-state index in [1.54, 1.807) is 7.11 Å². The fourth-order valence-corrected chi connectivity index (χ4v) is 1.33. The van der Waals surface area contributed by atoms with Crippen LogP contribution in [0.2, 0.25) is 0 Å². The van der Waals surface area contributed by atoms with Crippen molar-refractivity contribution in [3.63, 3.8) is 0 Å². The van der Waals surface area contributed by atoms with E-state index in [1.165, 1.54) is 0 Å². The van der Waals surface area contributed by atoms with E-state index in [0.717, 1.165) is 11.3 Å². The number of benzene rings is 1. The van der Waals surface area contributed by atoms with E-state index in [4.69, 9.17) is 9.47 Å². The molecule has 0 spiro atoms. The predicted octanol–water partition coefficient (Wildman–Crippen LogP) is 2.38. The molecule has 0 radical (unpaired) electrons. The number of methoxy groups -OCH3 is 1. The number of hydrogen-bond acceptors (Lipinski definition) is 3. The molecule has 3 heteroatoms. The smallest absolute Gasteiger partial charge is 0.118 e. The Morgan fingerprint density at radius 2 is 2.00 bits per heavy atom. The highest BCUT2D eigenvalue weighted by atomic mass is 16.5. The summed E-state index contributed by atoms with van der Waals surface area (Å²) in [6.07, 6.45) is 0.805. The van der Waals surface area contributed by atoms with Crippen molar-refractivity contribution < 1.29 is 14.6 Å². The lowest BCUT2D eigenvalue weighted by Crippen LogP contribution is -1.99. The maximum Gasteiger partial charge on any atom is 0.118 e. The lowest BCUT2D eigenvalue weighted by Gasteiger charge is -2.04. The summed E-state index contributed by atoms with van der Waals surface area (Å²) in [6.45, 7) is 3.05. The molecule has 0 amide bonds. The average Bonchev–Trinajstić information content (AvgIpc) is 2.43. The third-order valence-electron chi connectivity index (χ3n) is 2.45. The molecular formula is C15H20O3. The van der Waals surface area contributed by atoms with E-state index in [1.807, 2.05) is 31.2 Å². The average molecular weight is 248 g/mol. The van der Waals surface area contributed by atoms with Crippen molar-refractivity contribution in [2.24, 2.45) is 0 Å². The molecule has 0 aliphatic heterocycles. The van der Waals surface area contributed by atoms with Gasteiger partial charge in [0, 0.05) is 6.42 Å². The first kappa shape index (κ1) is 14.6. The molecule has 1 rings (SSSR count). The molecule has 1 aromatic rings. The summed E-state index contributed by atoms with van der Waals surface area (Å²) >= 11 is 0. The minimum absolute atomic E-state index is 0.508. The van der Waals surface area contributed by atoms with E-state index in [2.05, 4.69) is 11.8 Å². The molecular weight excluding hydrogens is 228 g/mol. The van der Waals surface area contributed by atoms with E-state index in [9.17, 15) is 5.11 Å². The van der Waals surface area contributed by atoms with Gasteiger partial charge in [-0.05, 0) is 24.1 Å². The second-order valence-corrected chi connectivity index (χ2v) is 3.90. The highest BCUT2D eigenvalue weighted by molar-refractivity contribution is 5.26. The molecule has 1 atom stereocenters. The van der Waals surface area contributed by atoms with Crippen molar-refractivity contribution in [3.05, 3.63) is 29.8 Å². The zero-order valence-electron chi connectivity index (χ0n) is 11.0. The van der Waals surface area contributed by atoms with Crippen molar-refractivity contribution >= 4 is 0 Å². The molecule has 0 bridgehead atoms. The summed E-state index contributed by atoms with van der Waals surface area (Å²) in [5.74, 6) is 6.50. The Bertz CT molecular complexity index is 386. The van der Waals surface area contributed by atoms with Gasteiger partial charge in [-0.15, -0.1) is 0 Å². The van der Waals surface area contributed by atoms with Crippen molar-refractivity contribution in [3.8, 4) is 17.6 Å². The highest BCUT2D eigenvalue weighted by Crippen LogP contribution is 2.11. The fraction of sp³-hybridized carbons (Fsp3) is 0.467. The van der Waals surface area contributed by atoms with E-state index < -0.39 is 6.10 Å². The molecule has 0 saturated heterocycles. The topological polar surface area (TPSA) is 38.7 Å². The van der Waals surface area contributed by atoms with Crippen LogP contribution in [0.1, 0.15) is 25.3 Å². The monoisotopic (exact) mass is 248 g/mol. The van der Waals surface area contributed by atoms with Gasteiger partial charge < -0.3 is 14.6 Å². The third-order valence-corrected chi connectivity index (χ3v) is 2.45. The summed E-state index contributed by atoms with van der Waals surface area (Å²) in [5.41, 5.74) is 1.11. The Kier molecular flexibility index (Phi) is 6.93. The van der Waals surface area contributed by atoms with Gasteiger partial charge in [0.05, 0.1) is 20.3 Å². The fourth-order valence-electron chi connectivity index (χ4n) is 1.33. The lowest BCUT2D eigenvalue weighted by molar-refractivity contribution is 0.126. The minimum Gasteiger partial charge on any atom is -0.497 e. The Morgan fingerprint density at radius 3 is 2.61 bits per heavy atom. The van der Waals surface area contributed by atoms with Crippen LogP contribution in [0.3, 0.4) is 0 Å². The molecule has 0 saturated carbocycles. The zero-order valence-corrected chi connectivity index (χ0v) is 11.0. The summed E-state index contributed by atoms with van der Waals surface area (Å²) in [4.78, 5) is 0. The van der Waals surface area contributed by atoms with E-state index >= 15 is 0 Å². The number of hydrogen-bond donors (Lipinski definition) is 1. The summed E-state index contributed by atoms with van der Waals surface area (Å²) in [5, 5.41) is 9.22. The predicted molar refractivity (Wildman–Crippen MR) is 71.3 cm³/mol. The Morgan fingerprint density at radius 1 is 1.28 bits per heavy atom. The maximum absolute atomic E-state index is 9.22. The van der Waals surface area contributed by atoms with Crippen LogP contribution in [0.25, 0.3) is 0 Å². The summed E-state index contributed by atoms with van der Waals surface area (Å²) in [6, 6.07) is 7.78. The van der Waals surface area contributed by atoms with Crippen molar-refractivity contribution in [1.82, 2.24) is 0 Å². The van der Waals surface area contributed by atoms with Crippen molar-refractivity contribution in [2.75, 3.05) is 13.7 Å². The highest BCUT2D eigenvalue weighted by Gasteiger charge is 1.94. The van der Waals surface area contributed by atoms with Crippen LogP contribution in [0.4, 0.5) is 0 Å². The number of aliphatic hydroxyl groups excluding tert-OH is 1. The van der Waals surface area contributed by atoms with E-state index in [-0.39, 0.29) is 0 Å². The molecule has 1 aromatic carbocycles. The normalized spacial score (nSPS) is 11.5. The quantitative estimate of drug-likeness (QED) is 0.620. The van der Waals surface area contributed by atoms with Crippen LogP contribution in [0, 0.1) is 11.8 Å². The van der Waals surface area contributed by atoms with Crippen LogP contribution in [-0.2, 0) is 11.3 Å². The molecule has 3 nitrogen and oxygen atoms in total. The number of ether oxygens (including phenoxy) is 2. The van der Waals surface area contributed by atoms with Gasteiger partial charge in [0.25, 0.3) is 0 Å². The minimum atomic E-state index is -0.508. The zero-order chi connectivity index (χ0) is 13.2. The van der Waals surface area contributed by atoms with Crippen LogP contribution >= 0.6 is 0 Å². The molecule has 0 aromatic heterocycles. The van der Waals surface area contributed by atoms with Gasteiger partial charge in [-0.2, -0.15) is 0 Å². The first-order valence-electron chi connectivity index (χ1n) is 6.13. The Hall–Kier alpha value is -1.50. The SMILES string of the molecule is CC[C@H](O)C#CCCOCc1ccc(OC)cc1. The van der Waals surface area contributed by atoms with E-state index in [0.29, 0.717) is 26.1 Å². The molecule has 0 aliphatic carbocycles. The van der Waals surface area contributed by atoms with Gasteiger partial charge in [0.1, 0.15) is 11.9 Å². The van der Waals surface area contributed by atoms with Crippen LogP contribution in [0.5, 0.6) is 5.75 Å². The molecule has 0 aliphatic rings. The van der Waals surface area contributed by atoms with Gasteiger partial charge in [0.2, 0.25) is 0 Å². The maximum atomic E-state index is 9.22. The second kappa shape index (κ2) is 8.57. The number of aliphatic hydroxyl groups is 1. The standard InChI is InChI=1S/C15H20O3/c1-3-14(16)6-4-5-11-18-12-13-7-9-15(17-2)10-8-13/h7-10,14,16H,3,5,11-12H2,1-2H3/t14-/m0/s1. The second-order valence-electron chi connectivity index (χ2n) is 3.90. The third kappa shape index (κ3) is 5.72. The molecule has 1 N–H and O–H groups in total. The Balaban J connectivity index is 2.18. The van der Waals surface area contributed by atoms with Gasteiger partial charge in [-0.25, -0.2) is 0 Å². The van der Waals surface area contributed by atoms with Crippen LogP contribution in [-0.4, -0.2) is 24.9 Å². The largest absolute Gasteiger partial charge is 0.497 e. The Labute approximate surface area is 109 Å². The van der Waals surface area contributed by atoms with Crippen molar-refractivity contribution in [2.45, 2.75) is 32.5 Å². The number of rotatable bonds is 6. The summed E-state index contributed by atoms with van der Waals surface area (Å²) in [7, 11) is 1.65. The van der Waals surface area contributed by atoms with Gasteiger partial charge in [0.15, 0.2) is 0 Å². The van der Waals surface area contributed by atoms with Gasteiger partial charge in [-0.1, -0.05) is 30.9 Å². The molecule has 98 valence electrons. The molecule has 0 unspecified atom stereocenters. The van der Waals surface area contributed by atoms with Crippen molar-refractivity contribution in [1.29, 1.82) is 0 Å². The van der Waals surface area contributed by atoms with Crippen LogP contribution < -0.4 is 4.74 Å². The first-order chi connectivity index (χ1) is 8.76. The van der Waals surface area contributed by atoms with Gasteiger partial charge >= 0.3 is 0 Å². The summed E-state index contributed by atoms with van der Waals surface area (Å²) < 4.78 is 10.6. The van der Waals surface area contributed by atoms with Crippen LogP contribution in [0.15, 0.2) is 24.3 Å².